The second-order valence-corrected chi connectivity index (χ2v) is 8.49. The average Bonchev–Trinajstić information content (AvgIpc) is 3.46. The molecule has 0 atom stereocenters. The number of hydrogen-bond donors (Lipinski definition) is 1. The summed E-state index contributed by atoms with van der Waals surface area (Å²) in [7, 11) is 0. The Bertz CT molecular complexity index is 1310. The highest BCUT2D eigenvalue weighted by molar-refractivity contribution is 7.20. The predicted molar refractivity (Wildman–Crippen MR) is 120 cm³/mol. The molecule has 0 aliphatic carbocycles. The molecule has 1 fully saturated rings. The summed E-state index contributed by atoms with van der Waals surface area (Å²) in [4.78, 5) is 28.1. The molecule has 1 aliphatic rings. The summed E-state index contributed by atoms with van der Waals surface area (Å²) < 4.78 is 15.0. The van der Waals surface area contributed by atoms with Crippen molar-refractivity contribution in [3.8, 4) is 5.69 Å². The van der Waals surface area contributed by atoms with E-state index in [1.165, 1.54) is 23.5 Å². The van der Waals surface area contributed by atoms with Gasteiger partial charge in [0.2, 0.25) is 5.91 Å². The van der Waals surface area contributed by atoms with Crippen LogP contribution in [0.4, 0.5) is 15.8 Å². The molecule has 31 heavy (non-hydrogen) atoms. The van der Waals surface area contributed by atoms with E-state index in [-0.39, 0.29) is 17.6 Å². The zero-order chi connectivity index (χ0) is 21.5. The van der Waals surface area contributed by atoms with Crippen LogP contribution in [0.3, 0.4) is 0 Å². The van der Waals surface area contributed by atoms with E-state index < -0.39 is 0 Å². The first kappa shape index (κ1) is 19.4. The van der Waals surface area contributed by atoms with E-state index in [0.29, 0.717) is 23.5 Å². The Hall–Kier alpha value is -3.52. The smallest absolute Gasteiger partial charge is 0.265 e. The number of carbonyl (C=O) groups is 2. The normalized spacial score (nSPS) is 13.9. The van der Waals surface area contributed by atoms with Gasteiger partial charge in [0.25, 0.3) is 5.91 Å². The second kappa shape index (κ2) is 7.63. The number of carbonyl (C=O) groups excluding carboxylic acids is 2. The number of aromatic nitrogens is 2. The van der Waals surface area contributed by atoms with Crippen LogP contribution in [0.1, 0.15) is 28.2 Å². The van der Waals surface area contributed by atoms with Crippen molar-refractivity contribution in [2.45, 2.75) is 19.8 Å². The number of nitrogens with one attached hydrogen (secondary N) is 1. The monoisotopic (exact) mass is 434 g/mol. The molecule has 1 saturated heterocycles. The molecule has 0 saturated carbocycles. The minimum atomic E-state index is -0.312. The highest BCUT2D eigenvalue weighted by Crippen LogP contribution is 2.31. The first-order chi connectivity index (χ1) is 15.0. The third-order valence-electron chi connectivity index (χ3n) is 5.33. The molecule has 1 aliphatic heterocycles. The predicted octanol–water partition coefficient (Wildman–Crippen LogP) is 4.91. The van der Waals surface area contributed by atoms with Gasteiger partial charge in [-0.15, -0.1) is 11.3 Å². The fourth-order valence-corrected chi connectivity index (χ4v) is 4.86. The zero-order valence-electron chi connectivity index (χ0n) is 16.8. The molecule has 0 radical (unpaired) electrons. The van der Waals surface area contributed by atoms with Crippen molar-refractivity contribution in [3.63, 3.8) is 0 Å². The maximum absolute atomic E-state index is 13.3. The minimum Gasteiger partial charge on any atom is -0.321 e. The Labute approximate surface area is 181 Å². The summed E-state index contributed by atoms with van der Waals surface area (Å²) >= 11 is 1.33. The van der Waals surface area contributed by atoms with Crippen LogP contribution in [0.15, 0.2) is 54.6 Å². The minimum absolute atomic E-state index is 0.105. The molecule has 2 aromatic heterocycles. The Morgan fingerprint density at radius 3 is 2.68 bits per heavy atom. The van der Waals surface area contributed by atoms with Gasteiger partial charge < -0.3 is 10.2 Å². The first-order valence-electron chi connectivity index (χ1n) is 9.96. The number of thiophene rings is 1. The van der Waals surface area contributed by atoms with Crippen LogP contribution in [-0.2, 0) is 4.79 Å². The molecule has 156 valence electrons. The van der Waals surface area contributed by atoms with Gasteiger partial charge in [-0.1, -0.05) is 6.07 Å². The van der Waals surface area contributed by atoms with Gasteiger partial charge in [-0.25, -0.2) is 9.07 Å². The molecule has 8 heteroatoms. The molecule has 3 heterocycles. The number of anilines is 2. The molecule has 2 aromatic carbocycles. The number of aryl methyl sites for hydroxylation is 1. The van der Waals surface area contributed by atoms with E-state index >= 15 is 0 Å². The van der Waals surface area contributed by atoms with Gasteiger partial charge in [-0.05, 0) is 61.9 Å². The van der Waals surface area contributed by atoms with Crippen LogP contribution in [0.25, 0.3) is 15.9 Å². The summed E-state index contributed by atoms with van der Waals surface area (Å²) in [6.07, 6.45) is 1.41. The maximum atomic E-state index is 13.3. The largest absolute Gasteiger partial charge is 0.321 e. The van der Waals surface area contributed by atoms with Crippen molar-refractivity contribution in [2.24, 2.45) is 0 Å². The van der Waals surface area contributed by atoms with Crippen molar-refractivity contribution < 1.29 is 14.0 Å². The summed E-state index contributed by atoms with van der Waals surface area (Å²) in [6, 6.07) is 15.2. The fraction of sp³-hybridized carbons (Fsp3) is 0.174. The number of fused-ring (bicyclic) bond motifs is 1. The third kappa shape index (κ3) is 3.59. The van der Waals surface area contributed by atoms with E-state index in [0.717, 1.165) is 33.7 Å². The van der Waals surface area contributed by atoms with Gasteiger partial charge in [0.05, 0.1) is 16.3 Å². The molecular formula is C23H19FN4O2S. The molecule has 0 bridgehead atoms. The van der Waals surface area contributed by atoms with E-state index in [2.05, 4.69) is 10.4 Å². The van der Waals surface area contributed by atoms with Crippen molar-refractivity contribution in [1.82, 2.24) is 9.78 Å². The molecule has 0 spiro atoms. The van der Waals surface area contributed by atoms with Gasteiger partial charge in [0, 0.05) is 29.7 Å². The van der Waals surface area contributed by atoms with Crippen LogP contribution < -0.4 is 10.2 Å². The molecule has 0 unspecified atom stereocenters. The summed E-state index contributed by atoms with van der Waals surface area (Å²) in [5.41, 5.74) is 2.96. The van der Waals surface area contributed by atoms with E-state index in [4.69, 9.17) is 0 Å². The topological polar surface area (TPSA) is 67.2 Å². The highest BCUT2D eigenvalue weighted by atomic mass is 32.1. The average molecular weight is 434 g/mol. The van der Waals surface area contributed by atoms with Crippen LogP contribution in [0.2, 0.25) is 0 Å². The van der Waals surface area contributed by atoms with Gasteiger partial charge in [-0.3, -0.25) is 9.59 Å². The summed E-state index contributed by atoms with van der Waals surface area (Å²) in [5, 5.41) is 8.35. The SMILES string of the molecule is Cc1nn(-c2ccc(F)cc2)c2sc(C(=O)Nc3cccc(N4CCCC4=O)c3)cc12. The lowest BCUT2D eigenvalue weighted by atomic mass is 10.2. The Kier molecular flexibility index (Phi) is 4.78. The maximum Gasteiger partial charge on any atom is 0.265 e. The third-order valence-corrected chi connectivity index (χ3v) is 6.44. The number of hydrogen-bond acceptors (Lipinski definition) is 4. The van der Waals surface area contributed by atoms with Crippen LogP contribution in [0, 0.1) is 12.7 Å². The number of rotatable bonds is 4. The lowest BCUT2D eigenvalue weighted by Crippen LogP contribution is -2.23. The van der Waals surface area contributed by atoms with E-state index in [1.807, 2.05) is 31.2 Å². The number of amides is 2. The highest BCUT2D eigenvalue weighted by Gasteiger charge is 2.22. The van der Waals surface area contributed by atoms with Gasteiger partial charge in [-0.2, -0.15) is 5.10 Å². The standard InChI is InChI=1S/C23H19FN4O2S/c1-14-19-13-20(31-23(19)28(26-14)17-9-7-15(24)8-10-17)22(30)25-16-4-2-5-18(12-16)27-11-3-6-21(27)29/h2,4-5,7-10,12-13H,3,6,11H2,1H3,(H,25,30). The summed E-state index contributed by atoms with van der Waals surface area (Å²) in [5.74, 6) is -0.432. The van der Waals surface area contributed by atoms with Crippen molar-refractivity contribution >= 4 is 44.7 Å². The Balaban J connectivity index is 1.42. The van der Waals surface area contributed by atoms with Gasteiger partial charge in [0.15, 0.2) is 0 Å². The molecule has 4 aromatic rings. The quantitative estimate of drug-likeness (QED) is 0.496. The number of halogens is 1. The van der Waals surface area contributed by atoms with Crippen molar-refractivity contribution in [2.75, 3.05) is 16.8 Å². The number of benzene rings is 2. The molecular weight excluding hydrogens is 415 g/mol. The molecule has 6 nitrogen and oxygen atoms in total. The molecule has 1 N–H and O–H groups in total. The first-order valence-corrected chi connectivity index (χ1v) is 10.8. The lowest BCUT2D eigenvalue weighted by Gasteiger charge is -2.16. The van der Waals surface area contributed by atoms with Crippen LogP contribution >= 0.6 is 11.3 Å². The zero-order valence-corrected chi connectivity index (χ0v) is 17.6. The molecule has 5 rings (SSSR count). The van der Waals surface area contributed by atoms with Crippen molar-refractivity contribution in [3.05, 3.63) is 71.0 Å². The van der Waals surface area contributed by atoms with E-state index in [1.54, 1.807) is 27.8 Å². The van der Waals surface area contributed by atoms with Crippen molar-refractivity contribution in [1.29, 1.82) is 0 Å². The molecule has 2 amide bonds. The summed E-state index contributed by atoms with van der Waals surface area (Å²) in [6.45, 7) is 2.58. The Morgan fingerprint density at radius 2 is 1.94 bits per heavy atom. The van der Waals surface area contributed by atoms with E-state index in [9.17, 15) is 14.0 Å². The lowest BCUT2D eigenvalue weighted by molar-refractivity contribution is -0.117. The second-order valence-electron chi connectivity index (χ2n) is 7.46. The van der Waals surface area contributed by atoms with Crippen LogP contribution in [0.5, 0.6) is 0 Å². The van der Waals surface area contributed by atoms with Gasteiger partial charge >= 0.3 is 0 Å². The van der Waals surface area contributed by atoms with Gasteiger partial charge in [0.1, 0.15) is 10.6 Å². The fourth-order valence-electron chi connectivity index (χ4n) is 3.78. The Morgan fingerprint density at radius 1 is 1.13 bits per heavy atom. The number of nitrogens with zero attached hydrogens (tertiary/aromatic N) is 3. The van der Waals surface area contributed by atoms with Crippen LogP contribution in [-0.4, -0.2) is 28.1 Å².